The molecule has 5 aromatic rings. The second-order valence-electron chi connectivity index (χ2n) is 7.06. The predicted octanol–water partition coefficient (Wildman–Crippen LogP) is 6.78. The van der Waals surface area contributed by atoms with Crippen molar-refractivity contribution in [2.75, 3.05) is 4.90 Å². The number of ether oxygens (including phenoxy) is 1. The molecular formula is C25H16N2O3. The Labute approximate surface area is 172 Å². The first-order chi connectivity index (χ1) is 14.8. The fourth-order valence-electron chi connectivity index (χ4n) is 3.80. The van der Waals surface area contributed by atoms with Crippen LogP contribution in [0.15, 0.2) is 95.4 Å². The summed E-state index contributed by atoms with van der Waals surface area (Å²) < 4.78 is 12.0. The minimum absolute atomic E-state index is 0.111. The normalized spacial score (nSPS) is 12.3. The van der Waals surface area contributed by atoms with Gasteiger partial charge in [0.15, 0.2) is 17.1 Å². The highest BCUT2D eigenvalue weighted by Crippen LogP contribution is 2.51. The van der Waals surface area contributed by atoms with Gasteiger partial charge >= 0.3 is 0 Å². The van der Waals surface area contributed by atoms with Gasteiger partial charge in [-0.15, -0.1) is 0 Å². The largest absolute Gasteiger partial charge is 0.507 e. The Hall–Kier alpha value is -4.25. The highest BCUT2D eigenvalue weighted by molar-refractivity contribution is 5.88. The zero-order valence-electron chi connectivity index (χ0n) is 15.8. The highest BCUT2D eigenvalue weighted by Gasteiger charge is 2.26. The maximum atomic E-state index is 10.6. The van der Waals surface area contributed by atoms with Gasteiger partial charge in [-0.2, -0.15) is 0 Å². The van der Waals surface area contributed by atoms with Gasteiger partial charge in [0.25, 0.3) is 0 Å². The van der Waals surface area contributed by atoms with Crippen LogP contribution in [0.4, 0.5) is 17.1 Å². The van der Waals surface area contributed by atoms with E-state index < -0.39 is 0 Å². The number of para-hydroxylation sites is 6. The van der Waals surface area contributed by atoms with Gasteiger partial charge in [-0.25, -0.2) is 4.98 Å². The summed E-state index contributed by atoms with van der Waals surface area (Å²) in [5.74, 6) is 2.03. The van der Waals surface area contributed by atoms with Gasteiger partial charge in [-0.3, -0.25) is 0 Å². The fourth-order valence-corrected chi connectivity index (χ4v) is 3.80. The number of aromatic hydroxyl groups is 1. The first-order valence-electron chi connectivity index (χ1n) is 9.63. The van der Waals surface area contributed by atoms with E-state index in [0.29, 0.717) is 17.0 Å². The monoisotopic (exact) mass is 392 g/mol. The molecule has 0 amide bonds. The molecule has 1 aliphatic heterocycles. The third-order valence-electron chi connectivity index (χ3n) is 5.19. The summed E-state index contributed by atoms with van der Waals surface area (Å²) in [5, 5.41) is 10.6. The third kappa shape index (κ3) is 2.53. The molecule has 4 aromatic carbocycles. The number of hydrogen-bond donors (Lipinski definition) is 1. The van der Waals surface area contributed by atoms with Gasteiger partial charge in [0.2, 0.25) is 5.89 Å². The van der Waals surface area contributed by atoms with Crippen molar-refractivity contribution in [2.24, 2.45) is 0 Å². The maximum absolute atomic E-state index is 10.6. The Morgan fingerprint density at radius 3 is 2.13 bits per heavy atom. The minimum Gasteiger partial charge on any atom is -0.507 e. The molecule has 0 unspecified atom stereocenters. The van der Waals surface area contributed by atoms with Crippen LogP contribution < -0.4 is 9.64 Å². The number of benzene rings is 4. The number of rotatable bonds is 2. The lowest BCUT2D eigenvalue weighted by Crippen LogP contribution is -2.15. The molecule has 1 N–H and O–H groups in total. The van der Waals surface area contributed by atoms with Gasteiger partial charge in [0.05, 0.1) is 16.9 Å². The third-order valence-corrected chi connectivity index (χ3v) is 5.19. The predicted molar refractivity (Wildman–Crippen MR) is 116 cm³/mol. The average Bonchev–Trinajstić information content (AvgIpc) is 3.22. The van der Waals surface area contributed by atoms with E-state index in [1.807, 2.05) is 84.9 Å². The number of phenols is 1. The van der Waals surface area contributed by atoms with Gasteiger partial charge in [-0.05, 0) is 54.6 Å². The Morgan fingerprint density at radius 1 is 0.733 bits per heavy atom. The molecule has 0 saturated carbocycles. The molecule has 5 nitrogen and oxygen atoms in total. The van der Waals surface area contributed by atoms with Crippen molar-refractivity contribution in [1.82, 2.24) is 4.98 Å². The van der Waals surface area contributed by atoms with Crippen molar-refractivity contribution < 1.29 is 14.3 Å². The van der Waals surface area contributed by atoms with Crippen molar-refractivity contribution in [3.05, 3.63) is 91.0 Å². The Kier molecular flexibility index (Phi) is 3.55. The standard InChI is InChI=1S/C25H16N2O3/c28-21-14-13-16(15-17(21)25-26-18-7-1-4-10-22(18)30-25)27-19-8-2-5-11-23(19)29-24-12-6-3-9-20(24)27/h1-15,28H. The number of phenolic OH excluding ortho intramolecular Hbond substituents is 1. The summed E-state index contributed by atoms with van der Waals surface area (Å²) in [6, 6.07) is 28.8. The van der Waals surface area contributed by atoms with E-state index in [0.717, 1.165) is 34.1 Å². The maximum Gasteiger partial charge on any atom is 0.231 e. The van der Waals surface area contributed by atoms with Crippen LogP contribution in [-0.2, 0) is 0 Å². The van der Waals surface area contributed by atoms with E-state index in [9.17, 15) is 5.11 Å². The smallest absolute Gasteiger partial charge is 0.231 e. The quantitative estimate of drug-likeness (QED) is 0.352. The minimum atomic E-state index is 0.111. The Balaban J connectivity index is 1.55. The summed E-state index contributed by atoms with van der Waals surface area (Å²) in [6.45, 7) is 0. The summed E-state index contributed by atoms with van der Waals surface area (Å²) in [5.41, 5.74) is 4.67. The van der Waals surface area contributed by atoms with Crippen LogP contribution in [-0.4, -0.2) is 10.1 Å². The first kappa shape index (κ1) is 16.7. The summed E-state index contributed by atoms with van der Waals surface area (Å²) >= 11 is 0. The summed E-state index contributed by atoms with van der Waals surface area (Å²) in [4.78, 5) is 6.66. The Morgan fingerprint density at radius 2 is 1.40 bits per heavy atom. The number of aromatic nitrogens is 1. The van der Waals surface area contributed by atoms with Crippen LogP contribution in [0.5, 0.6) is 17.2 Å². The van der Waals surface area contributed by atoms with Gasteiger partial charge in [-0.1, -0.05) is 36.4 Å². The van der Waals surface area contributed by atoms with Crippen molar-refractivity contribution in [2.45, 2.75) is 0 Å². The molecule has 5 heteroatoms. The molecule has 0 spiro atoms. The van der Waals surface area contributed by atoms with Crippen molar-refractivity contribution >= 4 is 28.2 Å². The SMILES string of the molecule is Oc1ccc(N2c3ccccc3Oc3ccccc32)cc1-c1nc2ccccc2o1. The van der Waals surface area contributed by atoms with Gasteiger partial charge in [0.1, 0.15) is 11.3 Å². The lowest BCUT2D eigenvalue weighted by molar-refractivity contribution is 0.473. The van der Waals surface area contributed by atoms with E-state index in [4.69, 9.17) is 9.15 Å². The van der Waals surface area contributed by atoms with Crippen LogP contribution in [0.25, 0.3) is 22.6 Å². The molecule has 144 valence electrons. The lowest BCUT2D eigenvalue weighted by atomic mass is 10.1. The number of nitrogens with zero attached hydrogens (tertiary/aromatic N) is 2. The average molecular weight is 392 g/mol. The van der Waals surface area contributed by atoms with Crippen molar-refractivity contribution in [1.29, 1.82) is 0 Å². The number of anilines is 3. The van der Waals surface area contributed by atoms with E-state index in [1.54, 1.807) is 6.07 Å². The second-order valence-corrected chi connectivity index (χ2v) is 7.06. The van der Waals surface area contributed by atoms with Crippen LogP contribution in [0.2, 0.25) is 0 Å². The van der Waals surface area contributed by atoms with Crippen molar-refractivity contribution in [3.63, 3.8) is 0 Å². The van der Waals surface area contributed by atoms with Gasteiger partial charge in [0, 0.05) is 5.69 Å². The lowest BCUT2D eigenvalue weighted by Gasteiger charge is -2.32. The molecule has 1 aromatic heterocycles. The molecule has 0 bridgehead atoms. The molecule has 0 radical (unpaired) electrons. The van der Waals surface area contributed by atoms with Crippen LogP contribution in [0, 0.1) is 0 Å². The molecule has 0 aliphatic carbocycles. The number of hydrogen-bond acceptors (Lipinski definition) is 5. The molecular weight excluding hydrogens is 376 g/mol. The molecule has 6 rings (SSSR count). The second kappa shape index (κ2) is 6.39. The van der Waals surface area contributed by atoms with Crippen LogP contribution >= 0.6 is 0 Å². The Bertz CT molecular complexity index is 1330. The van der Waals surface area contributed by atoms with Crippen LogP contribution in [0.3, 0.4) is 0 Å². The first-order valence-corrected chi connectivity index (χ1v) is 9.63. The fraction of sp³-hybridized carbons (Fsp3) is 0. The molecule has 30 heavy (non-hydrogen) atoms. The van der Waals surface area contributed by atoms with E-state index in [-0.39, 0.29) is 5.75 Å². The van der Waals surface area contributed by atoms with E-state index in [2.05, 4.69) is 9.88 Å². The highest BCUT2D eigenvalue weighted by atomic mass is 16.5. The van der Waals surface area contributed by atoms with Crippen molar-refractivity contribution in [3.8, 4) is 28.7 Å². The van der Waals surface area contributed by atoms with Gasteiger partial charge < -0.3 is 19.2 Å². The number of fused-ring (bicyclic) bond motifs is 3. The summed E-state index contributed by atoms with van der Waals surface area (Å²) in [7, 11) is 0. The molecule has 0 atom stereocenters. The molecule has 0 fully saturated rings. The zero-order chi connectivity index (χ0) is 20.1. The topological polar surface area (TPSA) is 58.7 Å². The van der Waals surface area contributed by atoms with Crippen LogP contribution in [0.1, 0.15) is 0 Å². The number of oxazole rings is 1. The van der Waals surface area contributed by atoms with E-state index >= 15 is 0 Å². The summed E-state index contributed by atoms with van der Waals surface area (Å²) in [6.07, 6.45) is 0. The zero-order valence-corrected chi connectivity index (χ0v) is 15.8. The molecule has 1 aliphatic rings. The molecule has 0 saturated heterocycles. The molecule has 2 heterocycles. The van der Waals surface area contributed by atoms with E-state index in [1.165, 1.54) is 0 Å².